The molecule has 3 aromatic rings. The lowest BCUT2D eigenvalue weighted by Crippen LogP contribution is -2.32. The molecule has 4 rings (SSSR count). The number of piperidine rings is 1. The number of phenolic OH excluding ortho intramolecular Hbond substituents is 1. The lowest BCUT2D eigenvalue weighted by Gasteiger charge is -2.30. The Hall–Kier alpha value is -2.87. The van der Waals surface area contributed by atoms with E-state index in [1.807, 2.05) is 0 Å². The molecule has 2 aromatic carbocycles. The van der Waals surface area contributed by atoms with E-state index < -0.39 is 6.10 Å². The smallest absolute Gasteiger partial charge is 0.248 e. The van der Waals surface area contributed by atoms with Crippen molar-refractivity contribution in [2.24, 2.45) is 5.92 Å². The van der Waals surface area contributed by atoms with Crippen molar-refractivity contribution in [1.82, 2.24) is 15.2 Å². The summed E-state index contributed by atoms with van der Waals surface area (Å²) in [5.41, 5.74) is 2.08. The second-order valence-electron chi connectivity index (χ2n) is 10.1. The number of aromatic amines is 1. The Morgan fingerprint density at radius 3 is 2.57 bits per heavy atom. The maximum atomic E-state index is 11.6. The van der Waals surface area contributed by atoms with Gasteiger partial charge in [-0.2, -0.15) is 0 Å². The zero-order chi connectivity index (χ0) is 26.0. The van der Waals surface area contributed by atoms with Gasteiger partial charge in [-0.1, -0.05) is 38.0 Å². The molecule has 1 saturated heterocycles. The van der Waals surface area contributed by atoms with E-state index in [9.17, 15) is 15.0 Å². The fourth-order valence-corrected chi connectivity index (χ4v) is 4.89. The molecular weight excluding hydrogens is 466 g/mol. The van der Waals surface area contributed by atoms with Crippen LogP contribution >= 0.6 is 0 Å². The summed E-state index contributed by atoms with van der Waals surface area (Å²) >= 11 is 0. The van der Waals surface area contributed by atoms with Gasteiger partial charge < -0.3 is 25.3 Å². The average Bonchev–Trinajstić information content (AvgIpc) is 2.90. The number of nitrogens with zero attached hydrogens (tertiary/aromatic N) is 1. The molecule has 1 aromatic heterocycles. The number of phenols is 1. The normalized spacial score (nSPS) is 15.7. The van der Waals surface area contributed by atoms with E-state index in [1.54, 1.807) is 12.1 Å². The highest BCUT2D eigenvalue weighted by molar-refractivity contribution is 5.87. The lowest BCUT2D eigenvalue weighted by molar-refractivity contribution is 0.176. The summed E-state index contributed by atoms with van der Waals surface area (Å²) in [5.74, 6) is 1.55. The van der Waals surface area contributed by atoms with Gasteiger partial charge in [0.2, 0.25) is 5.56 Å². The Labute approximate surface area is 219 Å². The van der Waals surface area contributed by atoms with Gasteiger partial charge in [-0.3, -0.25) is 9.69 Å². The Morgan fingerprint density at radius 1 is 1.03 bits per heavy atom. The number of ether oxygens (including phenoxy) is 1. The Morgan fingerprint density at radius 2 is 1.78 bits per heavy atom. The summed E-state index contributed by atoms with van der Waals surface area (Å²) < 4.78 is 5.91. The second kappa shape index (κ2) is 13.6. The molecule has 1 radical (unpaired) electrons. The molecule has 37 heavy (non-hydrogen) atoms. The van der Waals surface area contributed by atoms with E-state index >= 15 is 0 Å². The van der Waals surface area contributed by atoms with E-state index in [0.29, 0.717) is 28.9 Å². The summed E-state index contributed by atoms with van der Waals surface area (Å²) in [6.07, 6.45) is 5.90. The minimum atomic E-state index is -0.727. The minimum absolute atomic E-state index is 0.00157. The maximum absolute atomic E-state index is 11.6. The van der Waals surface area contributed by atoms with Crippen LogP contribution in [0, 0.1) is 12.8 Å². The van der Waals surface area contributed by atoms with Crippen LogP contribution in [-0.4, -0.2) is 52.9 Å². The zero-order valence-electron chi connectivity index (χ0n) is 21.6. The van der Waals surface area contributed by atoms with Gasteiger partial charge in [0.05, 0.1) is 18.2 Å². The predicted molar refractivity (Wildman–Crippen MR) is 148 cm³/mol. The summed E-state index contributed by atoms with van der Waals surface area (Å²) in [4.78, 5) is 16.7. The predicted octanol–water partition coefficient (Wildman–Crippen LogP) is 4.54. The van der Waals surface area contributed by atoms with Crippen molar-refractivity contribution in [3.63, 3.8) is 0 Å². The average molecular weight is 507 g/mol. The number of aliphatic hydroxyl groups excluding tert-OH is 1. The Bertz CT molecular complexity index is 1170. The number of aliphatic hydroxyl groups is 1. The number of hydrogen-bond acceptors (Lipinski definition) is 6. The molecule has 7 heteroatoms. The van der Waals surface area contributed by atoms with E-state index in [-0.39, 0.29) is 11.3 Å². The number of unbranched alkanes of at least 4 members (excludes halogenated alkanes) is 3. The van der Waals surface area contributed by atoms with Crippen LogP contribution in [0.2, 0.25) is 0 Å². The van der Waals surface area contributed by atoms with Crippen LogP contribution < -0.4 is 15.6 Å². The van der Waals surface area contributed by atoms with Crippen LogP contribution in [0.1, 0.15) is 55.8 Å². The lowest BCUT2D eigenvalue weighted by atomic mass is 9.99. The molecule has 0 spiro atoms. The first-order chi connectivity index (χ1) is 18.0. The number of benzene rings is 2. The molecule has 0 amide bonds. The molecule has 0 unspecified atom stereocenters. The number of pyridine rings is 1. The molecular formula is C30H40N3O4. The third kappa shape index (κ3) is 8.06. The SMILES string of the molecule is [CH2]C1CCN(Cc2ccc(OCCCCCCNC[C@H](O)c3ccc(O)c4[nH]c(=O)ccc34)cc2)CC1. The van der Waals surface area contributed by atoms with Crippen molar-refractivity contribution in [3.8, 4) is 11.5 Å². The molecule has 7 nitrogen and oxygen atoms in total. The number of aromatic hydroxyl groups is 1. The van der Waals surface area contributed by atoms with Crippen LogP contribution in [0.25, 0.3) is 10.9 Å². The highest BCUT2D eigenvalue weighted by Gasteiger charge is 2.16. The van der Waals surface area contributed by atoms with Crippen LogP contribution in [0.3, 0.4) is 0 Å². The summed E-state index contributed by atoms with van der Waals surface area (Å²) in [7, 11) is 0. The molecule has 0 aliphatic carbocycles. The molecule has 0 saturated carbocycles. The van der Waals surface area contributed by atoms with Crippen LogP contribution in [-0.2, 0) is 6.54 Å². The van der Waals surface area contributed by atoms with Crippen molar-refractivity contribution in [3.05, 3.63) is 76.9 Å². The van der Waals surface area contributed by atoms with Crippen molar-refractivity contribution in [1.29, 1.82) is 0 Å². The number of fused-ring (bicyclic) bond motifs is 1. The van der Waals surface area contributed by atoms with Crippen molar-refractivity contribution in [2.45, 2.75) is 51.2 Å². The summed E-state index contributed by atoms with van der Waals surface area (Å²) in [6, 6.07) is 14.7. The molecule has 2 heterocycles. The molecule has 1 aliphatic heterocycles. The van der Waals surface area contributed by atoms with E-state index in [0.717, 1.165) is 64.2 Å². The van der Waals surface area contributed by atoms with Gasteiger partial charge in [0.1, 0.15) is 11.5 Å². The Kier molecular flexibility index (Phi) is 9.99. The van der Waals surface area contributed by atoms with Crippen molar-refractivity contribution in [2.75, 3.05) is 32.8 Å². The van der Waals surface area contributed by atoms with E-state index in [1.165, 1.54) is 30.5 Å². The van der Waals surface area contributed by atoms with Gasteiger partial charge >= 0.3 is 0 Å². The topological polar surface area (TPSA) is 97.8 Å². The largest absolute Gasteiger partial charge is 0.506 e. The maximum Gasteiger partial charge on any atom is 0.248 e. The van der Waals surface area contributed by atoms with Gasteiger partial charge in [-0.05, 0) is 86.6 Å². The number of H-pyrrole nitrogens is 1. The van der Waals surface area contributed by atoms with Gasteiger partial charge in [0, 0.05) is 24.5 Å². The number of likely N-dealkylation sites (tertiary alicyclic amines) is 1. The Balaban J connectivity index is 1.06. The number of nitrogens with one attached hydrogen (secondary N) is 2. The zero-order valence-corrected chi connectivity index (χ0v) is 21.6. The number of rotatable bonds is 13. The molecule has 199 valence electrons. The first-order valence-electron chi connectivity index (χ1n) is 13.5. The molecule has 1 fully saturated rings. The van der Waals surface area contributed by atoms with E-state index in [4.69, 9.17) is 4.74 Å². The van der Waals surface area contributed by atoms with Gasteiger partial charge in [0.25, 0.3) is 0 Å². The monoisotopic (exact) mass is 506 g/mol. The highest BCUT2D eigenvalue weighted by Crippen LogP contribution is 2.28. The van der Waals surface area contributed by atoms with Crippen molar-refractivity contribution < 1.29 is 14.9 Å². The fourth-order valence-electron chi connectivity index (χ4n) is 4.89. The first-order valence-corrected chi connectivity index (χ1v) is 13.5. The molecule has 4 N–H and O–H groups in total. The molecule has 1 atom stereocenters. The van der Waals surface area contributed by atoms with Crippen molar-refractivity contribution >= 4 is 10.9 Å². The highest BCUT2D eigenvalue weighted by atomic mass is 16.5. The van der Waals surface area contributed by atoms with Gasteiger partial charge in [-0.25, -0.2) is 0 Å². The standard InChI is InChI=1S/C30H40N3O4/c1-22-14-17-33(18-15-22)21-23-6-8-24(9-7-23)37-19-5-3-2-4-16-31-20-28(35)25-10-12-27(34)30-26(25)11-13-29(36)32-30/h6-13,22,28,31,34-35H,1-5,14-21H2,(H,32,36)/t28-/m0/s1. The molecule has 1 aliphatic rings. The van der Waals surface area contributed by atoms with Crippen LogP contribution in [0.5, 0.6) is 11.5 Å². The second-order valence-corrected chi connectivity index (χ2v) is 10.1. The van der Waals surface area contributed by atoms with E-state index in [2.05, 4.69) is 46.4 Å². The van der Waals surface area contributed by atoms with Gasteiger partial charge in [0.15, 0.2) is 0 Å². The number of hydrogen-bond donors (Lipinski definition) is 4. The van der Waals surface area contributed by atoms with Crippen LogP contribution in [0.15, 0.2) is 53.3 Å². The van der Waals surface area contributed by atoms with Crippen LogP contribution in [0.4, 0.5) is 0 Å². The number of aromatic nitrogens is 1. The molecule has 0 bridgehead atoms. The third-order valence-corrected chi connectivity index (χ3v) is 7.16. The van der Waals surface area contributed by atoms with Gasteiger partial charge in [-0.15, -0.1) is 0 Å². The summed E-state index contributed by atoms with van der Waals surface area (Å²) in [5, 5.41) is 24.6. The summed E-state index contributed by atoms with van der Waals surface area (Å²) in [6.45, 7) is 9.40. The fraction of sp³-hybridized carbons (Fsp3) is 0.467. The quantitative estimate of drug-likeness (QED) is 0.254. The first kappa shape index (κ1) is 27.2. The third-order valence-electron chi connectivity index (χ3n) is 7.16. The minimum Gasteiger partial charge on any atom is -0.506 e.